The van der Waals surface area contributed by atoms with Gasteiger partial charge in [0.2, 0.25) is 0 Å². The van der Waals surface area contributed by atoms with Crippen molar-refractivity contribution in [3.05, 3.63) is 29.1 Å². The Hall–Kier alpha value is -1.56. The van der Waals surface area contributed by atoms with E-state index in [4.69, 9.17) is 10.5 Å². The maximum atomic E-state index is 12.6. The molecule has 1 aromatic heterocycles. The molecule has 6 heteroatoms. The molecule has 0 aliphatic carbocycles. The number of hydrogen-bond donors (Lipinski definition) is 1. The Morgan fingerprint density at radius 2 is 2.31 bits per heavy atom. The van der Waals surface area contributed by atoms with Gasteiger partial charge in [0.25, 0.3) is 6.43 Å². The van der Waals surface area contributed by atoms with Crippen molar-refractivity contribution >= 4 is 5.97 Å². The van der Waals surface area contributed by atoms with Crippen molar-refractivity contribution in [1.29, 1.82) is 0 Å². The molecule has 88 valence electrons. The molecule has 0 bridgehead atoms. The predicted molar refractivity (Wildman–Crippen MR) is 53.0 cm³/mol. The van der Waals surface area contributed by atoms with E-state index in [0.29, 0.717) is 5.56 Å². The summed E-state index contributed by atoms with van der Waals surface area (Å²) in [5, 5.41) is 0. The van der Waals surface area contributed by atoms with Gasteiger partial charge in [-0.3, -0.25) is 4.98 Å². The molecule has 1 heterocycles. The lowest BCUT2D eigenvalue weighted by Crippen LogP contribution is -2.15. The van der Waals surface area contributed by atoms with Crippen molar-refractivity contribution in [3.8, 4) is 0 Å². The summed E-state index contributed by atoms with van der Waals surface area (Å²) < 4.78 is 30.0. The van der Waals surface area contributed by atoms with Gasteiger partial charge in [0.15, 0.2) is 0 Å². The SMILES string of the molecule is CCOC(=O)c1c(CN)ccnc1C(F)F. The van der Waals surface area contributed by atoms with E-state index in [1.165, 1.54) is 12.3 Å². The monoisotopic (exact) mass is 230 g/mol. The lowest BCUT2D eigenvalue weighted by atomic mass is 10.1. The molecule has 1 rings (SSSR count). The van der Waals surface area contributed by atoms with Crippen LogP contribution in [0.4, 0.5) is 8.78 Å². The zero-order valence-electron chi connectivity index (χ0n) is 8.74. The van der Waals surface area contributed by atoms with Crippen LogP contribution in [0.5, 0.6) is 0 Å². The maximum absolute atomic E-state index is 12.6. The summed E-state index contributed by atoms with van der Waals surface area (Å²) in [7, 11) is 0. The average Bonchev–Trinajstić information content (AvgIpc) is 2.28. The third kappa shape index (κ3) is 2.52. The van der Waals surface area contributed by atoms with Gasteiger partial charge in [-0.1, -0.05) is 0 Å². The highest BCUT2D eigenvalue weighted by Gasteiger charge is 2.23. The van der Waals surface area contributed by atoms with Crippen LogP contribution in [0.3, 0.4) is 0 Å². The zero-order chi connectivity index (χ0) is 12.1. The van der Waals surface area contributed by atoms with Gasteiger partial charge in [0, 0.05) is 12.7 Å². The molecular weight excluding hydrogens is 218 g/mol. The number of nitrogens with zero attached hydrogens (tertiary/aromatic N) is 1. The molecule has 0 aromatic carbocycles. The number of aromatic nitrogens is 1. The Labute approximate surface area is 91.4 Å². The van der Waals surface area contributed by atoms with Crippen LogP contribution < -0.4 is 5.73 Å². The quantitative estimate of drug-likeness (QED) is 0.799. The lowest BCUT2D eigenvalue weighted by molar-refractivity contribution is 0.0512. The van der Waals surface area contributed by atoms with Gasteiger partial charge in [0.05, 0.1) is 12.2 Å². The third-order valence-corrected chi connectivity index (χ3v) is 1.97. The molecule has 0 unspecified atom stereocenters. The summed E-state index contributed by atoms with van der Waals surface area (Å²) in [5.74, 6) is -0.814. The topological polar surface area (TPSA) is 65.2 Å². The van der Waals surface area contributed by atoms with Gasteiger partial charge in [-0.15, -0.1) is 0 Å². The molecule has 1 aromatic rings. The number of rotatable bonds is 4. The van der Waals surface area contributed by atoms with Crippen LogP contribution in [0.25, 0.3) is 0 Å². The highest BCUT2D eigenvalue weighted by molar-refractivity contribution is 5.92. The molecule has 4 nitrogen and oxygen atoms in total. The second-order valence-corrected chi connectivity index (χ2v) is 2.96. The number of carbonyl (C=O) groups excluding carboxylic acids is 1. The molecule has 0 radical (unpaired) electrons. The number of halogens is 2. The summed E-state index contributed by atoms with van der Waals surface area (Å²) in [6.07, 6.45) is -1.63. The van der Waals surface area contributed by atoms with Crippen molar-refractivity contribution in [2.75, 3.05) is 6.61 Å². The molecule has 0 atom stereocenters. The smallest absolute Gasteiger partial charge is 0.340 e. The molecule has 16 heavy (non-hydrogen) atoms. The summed E-state index contributed by atoms with van der Waals surface area (Å²) in [4.78, 5) is 15.0. The summed E-state index contributed by atoms with van der Waals surface area (Å²) in [6.45, 7) is 1.69. The summed E-state index contributed by atoms with van der Waals surface area (Å²) in [5.41, 5.74) is 4.88. The molecule has 0 spiro atoms. The number of ether oxygens (including phenoxy) is 1. The minimum Gasteiger partial charge on any atom is -0.462 e. The van der Waals surface area contributed by atoms with E-state index in [0.717, 1.165) is 0 Å². The van der Waals surface area contributed by atoms with Gasteiger partial charge in [-0.05, 0) is 18.6 Å². The van der Waals surface area contributed by atoms with E-state index >= 15 is 0 Å². The Morgan fingerprint density at radius 1 is 1.62 bits per heavy atom. The maximum Gasteiger partial charge on any atom is 0.340 e. The number of nitrogens with two attached hydrogens (primary N) is 1. The van der Waals surface area contributed by atoms with Crippen molar-refractivity contribution in [1.82, 2.24) is 4.98 Å². The number of esters is 1. The second kappa shape index (κ2) is 5.50. The normalized spacial score (nSPS) is 10.6. The number of alkyl halides is 2. The highest BCUT2D eigenvalue weighted by atomic mass is 19.3. The van der Waals surface area contributed by atoms with Crippen LogP contribution >= 0.6 is 0 Å². The van der Waals surface area contributed by atoms with Gasteiger partial charge >= 0.3 is 5.97 Å². The molecule has 0 aliphatic heterocycles. The van der Waals surface area contributed by atoms with E-state index < -0.39 is 18.1 Å². The van der Waals surface area contributed by atoms with Crippen molar-refractivity contribution in [3.63, 3.8) is 0 Å². The van der Waals surface area contributed by atoms with E-state index in [1.807, 2.05) is 0 Å². The molecule has 0 amide bonds. The first-order chi connectivity index (χ1) is 7.61. The summed E-state index contributed by atoms with van der Waals surface area (Å²) >= 11 is 0. The van der Waals surface area contributed by atoms with Crippen LogP contribution in [0.2, 0.25) is 0 Å². The van der Waals surface area contributed by atoms with Crippen LogP contribution in [0.15, 0.2) is 12.3 Å². The first-order valence-electron chi connectivity index (χ1n) is 4.74. The zero-order valence-corrected chi connectivity index (χ0v) is 8.74. The van der Waals surface area contributed by atoms with Crippen LogP contribution in [0.1, 0.15) is 35.0 Å². The predicted octanol–water partition coefficient (Wildman–Crippen LogP) is 1.65. The van der Waals surface area contributed by atoms with Gasteiger partial charge < -0.3 is 10.5 Å². The van der Waals surface area contributed by atoms with Gasteiger partial charge in [0.1, 0.15) is 5.69 Å². The number of pyridine rings is 1. The fraction of sp³-hybridized carbons (Fsp3) is 0.400. The minimum atomic E-state index is -2.83. The van der Waals surface area contributed by atoms with Crippen molar-refractivity contribution in [2.45, 2.75) is 19.9 Å². The first kappa shape index (κ1) is 12.5. The second-order valence-electron chi connectivity index (χ2n) is 2.96. The largest absolute Gasteiger partial charge is 0.462 e. The van der Waals surface area contributed by atoms with Crippen LogP contribution in [-0.4, -0.2) is 17.6 Å². The number of carbonyl (C=O) groups is 1. The Kier molecular flexibility index (Phi) is 4.30. The molecular formula is C10H12F2N2O2. The van der Waals surface area contributed by atoms with Gasteiger partial charge in [-0.2, -0.15) is 0 Å². The molecule has 0 saturated carbocycles. The molecule has 0 aliphatic rings. The van der Waals surface area contributed by atoms with E-state index in [1.54, 1.807) is 6.92 Å². The minimum absolute atomic E-state index is 0.0175. The fourth-order valence-electron chi connectivity index (χ4n) is 1.29. The molecule has 0 fully saturated rings. The Balaban J connectivity index is 3.24. The van der Waals surface area contributed by atoms with E-state index in [2.05, 4.69) is 4.98 Å². The van der Waals surface area contributed by atoms with Gasteiger partial charge in [-0.25, -0.2) is 13.6 Å². The van der Waals surface area contributed by atoms with E-state index in [-0.39, 0.29) is 18.7 Å². The third-order valence-electron chi connectivity index (χ3n) is 1.97. The van der Waals surface area contributed by atoms with Crippen LogP contribution in [-0.2, 0) is 11.3 Å². The highest BCUT2D eigenvalue weighted by Crippen LogP contribution is 2.23. The number of hydrogen-bond acceptors (Lipinski definition) is 4. The fourth-order valence-corrected chi connectivity index (χ4v) is 1.29. The van der Waals surface area contributed by atoms with Crippen LogP contribution in [0, 0.1) is 0 Å². The first-order valence-corrected chi connectivity index (χ1v) is 4.74. The van der Waals surface area contributed by atoms with Crippen molar-refractivity contribution in [2.24, 2.45) is 5.73 Å². The molecule has 0 saturated heterocycles. The molecule has 2 N–H and O–H groups in total. The average molecular weight is 230 g/mol. The lowest BCUT2D eigenvalue weighted by Gasteiger charge is -2.10. The van der Waals surface area contributed by atoms with Crippen molar-refractivity contribution < 1.29 is 18.3 Å². The Bertz CT molecular complexity index is 383. The Morgan fingerprint density at radius 3 is 2.81 bits per heavy atom. The summed E-state index contributed by atoms with van der Waals surface area (Å²) in [6, 6.07) is 1.43. The van der Waals surface area contributed by atoms with E-state index in [9.17, 15) is 13.6 Å². The standard InChI is InChI=1S/C10H12F2N2O2/c1-2-16-10(15)7-6(5-13)3-4-14-8(7)9(11)12/h3-4,9H,2,5,13H2,1H3.